The fourth-order valence-corrected chi connectivity index (χ4v) is 4.41. The number of nitrogens with zero attached hydrogens (tertiary/aromatic N) is 1. The Morgan fingerprint density at radius 3 is 2.45 bits per heavy atom. The van der Waals surface area contributed by atoms with Crippen molar-refractivity contribution in [3.05, 3.63) is 95.1 Å². The summed E-state index contributed by atoms with van der Waals surface area (Å²) in [5.74, 6) is -1.99. The van der Waals surface area contributed by atoms with Crippen LogP contribution in [0.25, 0.3) is 0 Å². The van der Waals surface area contributed by atoms with Crippen LogP contribution in [0.4, 0.5) is 11.4 Å². The zero-order valence-corrected chi connectivity index (χ0v) is 22.2. The Labute approximate surface area is 232 Å². The number of carbonyl (C=O) groups is 4. The van der Waals surface area contributed by atoms with Gasteiger partial charge in [0.2, 0.25) is 11.8 Å². The van der Waals surface area contributed by atoms with Crippen molar-refractivity contribution < 1.29 is 24.3 Å². The molecule has 0 radical (unpaired) electrons. The van der Waals surface area contributed by atoms with Gasteiger partial charge in [0.1, 0.15) is 6.04 Å². The van der Waals surface area contributed by atoms with Gasteiger partial charge in [0.15, 0.2) is 0 Å². The predicted octanol–water partition coefficient (Wildman–Crippen LogP) is 2.74. The van der Waals surface area contributed by atoms with Crippen LogP contribution in [0.15, 0.2) is 72.8 Å². The smallest absolute Gasteiger partial charge is 0.305 e. The van der Waals surface area contributed by atoms with Gasteiger partial charge in [0, 0.05) is 36.6 Å². The number of carboxylic acids is 1. The van der Waals surface area contributed by atoms with Gasteiger partial charge in [-0.15, -0.1) is 0 Å². The van der Waals surface area contributed by atoms with E-state index < -0.39 is 18.1 Å². The highest BCUT2D eigenvalue weighted by molar-refractivity contribution is 6.05. The van der Waals surface area contributed by atoms with Crippen molar-refractivity contribution >= 4 is 35.1 Å². The summed E-state index contributed by atoms with van der Waals surface area (Å²) < 4.78 is 0. The van der Waals surface area contributed by atoms with Crippen LogP contribution in [0.1, 0.15) is 40.4 Å². The van der Waals surface area contributed by atoms with Crippen molar-refractivity contribution in [3.8, 4) is 0 Å². The number of anilines is 2. The van der Waals surface area contributed by atoms with Gasteiger partial charge in [-0.2, -0.15) is 0 Å². The summed E-state index contributed by atoms with van der Waals surface area (Å²) in [5, 5.41) is 18.1. The molecule has 0 unspecified atom stereocenters. The fraction of sp³-hybridized carbons (Fsp3) is 0.267. The second kappa shape index (κ2) is 12.9. The molecule has 1 aliphatic heterocycles. The maximum Gasteiger partial charge on any atom is 0.305 e. The van der Waals surface area contributed by atoms with E-state index in [4.69, 9.17) is 5.73 Å². The molecule has 0 aromatic heterocycles. The Morgan fingerprint density at radius 2 is 1.77 bits per heavy atom. The molecule has 10 nitrogen and oxygen atoms in total. The Hall–Kier alpha value is -4.70. The summed E-state index contributed by atoms with van der Waals surface area (Å²) in [5.41, 5.74) is 9.77. The minimum Gasteiger partial charge on any atom is -0.481 e. The number of fused-ring (bicyclic) bond motifs is 1. The number of carbonyl (C=O) groups excluding carboxylic acids is 3. The lowest BCUT2D eigenvalue weighted by atomic mass is 10.1. The third kappa shape index (κ3) is 7.45. The molecule has 10 heteroatoms. The van der Waals surface area contributed by atoms with E-state index in [1.807, 2.05) is 30.3 Å². The van der Waals surface area contributed by atoms with Gasteiger partial charge >= 0.3 is 5.97 Å². The van der Waals surface area contributed by atoms with Crippen LogP contribution >= 0.6 is 0 Å². The number of carboxylic acid groups (broad SMARTS) is 1. The summed E-state index contributed by atoms with van der Waals surface area (Å²) >= 11 is 0. The van der Waals surface area contributed by atoms with Crippen LogP contribution in [-0.2, 0) is 33.9 Å². The molecular formula is C30H33N5O5. The molecule has 40 heavy (non-hydrogen) atoms. The first-order chi connectivity index (χ1) is 19.2. The lowest BCUT2D eigenvalue weighted by molar-refractivity contribution is -0.141. The van der Waals surface area contributed by atoms with E-state index in [9.17, 15) is 24.3 Å². The zero-order valence-electron chi connectivity index (χ0n) is 22.2. The second-order valence-corrected chi connectivity index (χ2v) is 9.82. The molecular weight excluding hydrogens is 510 g/mol. The highest BCUT2D eigenvalue weighted by Crippen LogP contribution is 2.26. The Morgan fingerprint density at radius 1 is 1.05 bits per heavy atom. The Balaban J connectivity index is 1.46. The van der Waals surface area contributed by atoms with Crippen molar-refractivity contribution in [1.29, 1.82) is 0 Å². The molecule has 1 aliphatic rings. The summed E-state index contributed by atoms with van der Waals surface area (Å²) in [6, 6.07) is 20.4. The van der Waals surface area contributed by atoms with E-state index in [1.165, 1.54) is 0 Å². The predicted molar refractivity (Wildman–Crippen MR) is 152 cm³/mol. The molecule has 0 fully saturated rings. The number of rotatable bonds is 10. The van der Waals surface area contributed by atoms with Crippen LogP contribution in [-0.4, -0.2) is 52.3 Å². The SMILES string of the molecule is C[C@H](N)C(=O)NCc1ccc(NC(=O)c2ccc3c(c2)N[C@H](CC(=O)O)C(=O)N(CCc2ccccc2)C3)cc1. The van der Waals surface area contributed by atoms with E-state index in [-0.39, 0.29) is 24.1 Å². The van der Waals surface area contributed by atoms with E-state index in [1.54, 1.807) is 54.3 Å². The number of benzene rings is 3. The lowest BCUT2D eigenvalue weighted by Gasteiger charge is -2.24. The third-order valence-electron chi connectivity index (χ3n) is 6.66. The summed E-state index contributed by atoms with van der Waals surface area (Å²) in [6.07, 6.45) is 0.257. The fourth-order valence-electron chi connectivity index (χ4n) is 4.41. The topological polar surface area (TPSA) is 154 Å². The minimum absolute atomic E-state index is 0.249. The van der Waals surface area contributed by atoms with Crippen molar-refractivity contribution in [2.75, 3.05) is 17.2 Å². The molecule has 208 valence electrons. The van der Waals surface area contributed by atoms with E-state index in [0.717, 1.165) is 16.7 Å². The van der Waals surface area contributed by atoms with Crippen LogP contribution in [0.5, 0.6) is 0 Å². The van der Waals surface area contributed by atoms with Crippen LogP contribution in [0.2, 0.25) is 0 Å². The first kappa shape index (κ1) is 28.3. The largest absolute Gasteiger partial charge is 0.481 e. The monoisotopic (exact) mass is 543 g/mol. The summed E-state index contributed by atoms with van der Waals surface area (Å²) in [6.45, 7) is 2.67. The maximum absolute atomic E-state index is 13.3. The van der Waals surface area contributed by atoms with Crippen molar-refractivity contribution in [1.82, 2.24) is 10.2 Å². The van der Waals surface area contributed by atoms with Crippen molar-refractivity contribution in [3.63, 3.8) is 0 Å². The second-order valence-electron chi connectivity index (χ2n) is 9.82. The number of hydrogen-bond acceptors (Lipinski definition) is 6. The number of amides is 3. The number of nitrogens with two attached hydrogens (primary N) is 1. The molecule has 4 rings (SSSR count). The molecule has 0 bridgehead atoms. The highest BCUT2D eigenvalue weighted by atomic mass is 16.4. The van der Waals surface area contributed by atoms with Gasteiger partial charge in [-0.3, -0.25) is 19.2 Å². The average molecular weight is 544 g/mol. The number of nitrogens with one attached hydrogen (secondary N) is 3. The molecule has 3 aromatic rings. The van der Waals surface area contributed by atoms with Crippen molar-refractivity contribution in [2.24, 2.45) is 5.73 Å². The molecule has 0 saturated carbocycles. The number of hydrogen-bond donors (Lipinski definition) is 5. The standard InChI is InChI=1S/C30H33N5O5/c1-19(31)28(38)32-17-21-7-11-24(12-8-21)33-29(39)22-9-10-23-18-35(14-13-20-5-3-2-4-6-20)30(40)26(16-27(36)37)34-25(23)15-22/h2-12,15,19,26,34H,13-14,16-18,31H2,1H3,(H,32,38)(H,33,39)(H,36,37)/t19-,26+/m0/s1. The molecule has 0 spiro atoms. The van der Waals surface area contributed by atoms with Crippen LogP contribution < -0.4 is 21.7 Å². The molecule has 3 aromatic carbocycles. The molecule has 2 atom stereocenters. The highest BCUT2D eigenvalue weighted by Gasteiger charge is 2.31. The normalized spacial score (nSPS) is 15.3. The van der Waals surface area contributed by atoms with Crippen LogP contribution in [0.3, 0.4) is 0 Å². The summed E-state index contributed by atoms with van der Waals surface area (Å²) in [7, 11) is 0. The molecule has 1 heterocycles. The van der Waals surface area contributed by atoms with Gasteiger partial charge in [-0.25, -0.2) is 0 Å². The minimum atomic E-state index is -1.09. The van der Waals surface area contributed by atoms with E-state index >= 15 is 0 Å². The first-order valence-corrected chi connectivity index (χ1v) is 13.1. The van der Waals surface area contributed by atoms with Crippen molar-refractivity contribution in [2.45, 2.75) is 44.9 Å². The van der Waals surface area contributed by atoms with Gasteiger partial charge < -0.3 is 31.7 Å². The van der Waals surface area contributed by atoms with Gasteiger partial charge in [0.25, 0.3) is 5.91 Å². The molecule has 0 aliphatic carbocycles. The summed E-state index contributed by atoms with van der Waals surface area (Å²) in [4.78, 5) is 51.1. The first-order valence-electron chi connectivity index (χ1n) is 13.1. The molecule has 6 N–H and O–H groups in total. The quantitative estimate of drug-likeness (QED) is 0.263. The Bertz CT molecular complexity index is 1370. The van der Waals surface area contributed by atoms with Gasteiger partial charge in [-0.1, -0.05) is 48.5 Å². The van der Waals surface area contributed by atoms with E-state index in [0.29, 0.717) is 43.0 Å². The third-order valence-corrected chi connectivity index (χ3v) is 6.66. The molecule has 3 amide bonds. The Kier molecular flexibility index (Phi) is 9.13. The maximum atomic E-state index is 13.3. The van der Waals surface area contributed by atoms with Gasteiger partial charge in [0.05, 0.1) is 12.5 Å². The molecule has 0 saturated heterocycles. The average Bonchev–Trinajstić information content (AvgIpc) is 3.07. The van der Waals surface area contributed by atoms with Crippen LogP contribution in [0, 0.1) is 0 Å². The van der Waals surface area contributed by atoms with E-state index in [2.05, 4.69) is 16.0 Å². The zero-order chi connectivity index (χ0) is 28.6. The van der Waals surface area contributed by atoms with Gasteiger partial charge in [-0.05, 0) is 54.3 Å². The lowest BCUT2D eigenvalue weighted by Crippen LogP contribution is -2.42. The number of aliphatic carboxylic acids is 1.